The van der Waals surface area contributed by atoms with E-state index in [1.54, 1.807) is 25.1 Å². The van der Waals surface area contributed by atoms with Crippen LogP contribution in [-0.4, -0.2) is 57.0 Å². The van der Waals surface area contributed by atoms with Gasteiger partial charge in [0, 0.05) is 40.6 Å². The summed E-state index contributed by atoms with van der Waals surface area (Å²) in [5.41, 5.74) is 1.15. The Balaban J connectivity index is 1.01. The van der Waals surface area contributed by atoms with Crippen molar-refractivity contribution in [3.8, 4) is 5.75 Å². The van der Waals surface area contributed by atoms with E-state index < -0.39 is 18.4 Å². The summed E-state index contributed by atoms with van der Waals surface area (Å²) in [4.78, 5) is 24.3. The third-order valence-corrected chi connectivity index (χ3v) is 7.93. The number of benzene rings is 1. The zero-order valence-corrected chi connectivity index (χ0v) is 20.0. The van der Waals surface area contributed by atoms with Gasteiger partial charge in [0.2, 0.25) is 0 Å². The molecule has 2 bridgehead atoms. The van der Waals surface area contributed by atoms with Crippen molar-refractivity contribution in [2.24, 2.45) is 5.92 Å². The van der Waals surface area contributed by atoms with Gasteiger partial charge in [0.1, 0.15) is 5.75 Å². The molecular formula is C24H27ClN4O6. The number of amides is 1. The zero-order chi connectivity index (χ0) is 24.4. The monoisotopic (exact) mass is 502 g/mol. The van der Waals surface area contributed by atoms with Crippen molar-refractivity contribution in [3.05, 3.63) is 40.7 Å². The predicted molar refractivity (Wildman–Crippen MR) is 122 cm³/mol. The van der Waals surface area contributed by atoms with Crippen molar-refractivity contribution >= 4 is 23.7 Å². The summed E-state index contributed by atoms with van der Waals surface area (Å²) in [6.07, 6.45) is 3.28. The zero-order valence-electron chi connectivity index (χ0n) is 19.3. The first-order valence-electron chi connectivity index (χ1n) is 12.0. The van der Waals surface area contributed by atoms with Crippen LogP contribution in [0.4, 0.5) is 4.79 Å². The summed E-state index contributed by atoms with van der Waals surface area (Å²) >= 11 is 6.01. The first kappa shape index (κ1) is 22.6. The number of nitrogens with zero attached hydrogens (tertiary/aromatic N) is 3. The lowest BCUT2D eigenvalue weighted by Gasteiger charge is -2.69. The molecule has 7 rings (SSSR count). The molecule has 2 aromatic rings. The number of nitrogens with one attached hydrogen (secondary N) is 1. The van der Waals surface area contributed by atoms with Gasteiger partial charge in [0.15, 0.2) is 6.10 Å². The molecule has 10 nitrogen and oxygen atoms in total. The van der Waals surface area contributed by atoms with Crippen LogP contribution in [0.3, 0.4) is 0 Å². The second-order valence-electron chi connectivity index (χ2n) is 10.2. The number of fused-ring (bicyclic) bond motifs is 1. The number of aliphatic hydroxyl groups is 1. The Morgan fingerprint density at radius 1 is 1.29 bits per heavy atom. The van der Waals surface area contributed by atoms with Crippen LogP contribution in [0.1, 0.15) is 62.3 Å². The molecule has 4 fully saturated rings. The first-order valence-corrected chi connectivity index (χ1v) is 12.4. The van der Waals surface area contributed by atoms with Crippen molar-refractivity contribution in [1.82, 2.24) is 20.3 Å². The molecule has 35 heavy (non-hydrogen) atoms. The van der Waals surface area contributed by atoms with Crippen molar-refractivity contribution in [3.63, 3.8) is 0 Å². The number of halogens is 1. The predicted octanol–water partition coefficient (Wildman–Crippen LogP) is 2.84. The lowest BCUT2D eigenvalue weighted by molar-refractivity contribution is -0.165. The topological polar surface area (TPSA) is 125 Å². The van der Waals surface area contributed by atoms with Gasteiger partial charge in [0.25, 0.3) is 5.91 Å². The van der Waals surface area contributed by atoms with E-state index in [-0.39, 0.29) is 35.2 Å². The Hall–Kier alpha value is -2.85. The highest BCUT2D eigenvalue weighted by Crippen LogP contribution is 2.65. The molecule has 2 unspecified atom stereocenters. The fourth-order valence-electron chi connectivity index (χ4n) is 5.84. The summed E-state index contributed by atoms with van der Waals surface area (Å²) in [5, 5.41) is 22.8. The van der Waals surface area contributed by atoms with Crippen LogP contribution >= 0.6 is 11.6 Å². The van der Waals surface area contributed by atoms with Gasteiger partial charge in [-0.3, -0.25) is 4.79 Å². The minimum Gasteiger partial charge on any atom is -0.480 e. The van der Waals surface area contributed by atoms with Gasteiger partial charge >= 0.3 is 6.16 Å². The van der Waals surface area contributed by atoms with Gasteiger partial charge < -0.3 is 24.6 Å². The van der Waals surface area contributed by atoms with E-state index in [0.29, 0.717) is 29.5 Å². The number of hydrogen-bond donors (Lipinski definition) is 2. The Kier molecular flexibility index (Phi) is 5.23. The molecule has 0 saturated heterocycles. The molecule has 4 aliphatic carbocycles. The van der Waals surface area contributed by atoms with Gasteiger partial charge in [-0.15, -0.1) is 5.10 Å². The number of carbonyl (C=O) groups excluding carboxylic acids is 2. The van der Waals surface area contributed by atoms with Gasteiger partial charge in [-0.05, 0) is 50.8 Å². The highest BCUT2D eigenvalue weighted by molar-refractivity contribution is 6.30. The highest BCUT2D eigenvalue weighted by Gasteiger charge is 2.70. The normalized spacial score (nSPS) is 33.9. The van der Waals surface area contributed by atoms with E-state index in [0.717, 1.165) is 31.4 Å². The first-order chi connectivity index (χ1) is 16.8. The van der Waals surface area contributed by atoms with E-state index in [4.69, 9.17) is 25.8 Å². The quantitative estimate of drug-likeness (QED) is 0.554. The molecule has 4 atom stereocenters. The lowest BCUT2D eigenvalue weighted by atomic mass is 9.44. The Morgan fingerprint density at radius 2 is 2.09 bits per heavy atom. The second-order valence-corrected chi connectivity index (χ2v) is 10.7. The maximum Gasteiger partial charge on any atom is 0.508 e. The molecule has 1 aromatic carbocycles. The number of aliphatic hydroxyl groups excluding tert-OH is 1. The molecule has 2 heterocycles. The van der Waals surface area contributed by atoms with E-state index in [1.807, 2.05) is 10.9 Å². The van der Waals surface area contributed by atoms with E-state index in [9.17, 15) is 14.7 Å². The van der Waals surface area contributed by atoms with Crippen LogP contribution in [0.5, 0.6) is 5.75 Å². The van der Waals surface area contributed by atoms with E-state index >= 15 is 0 Å². The molecule has 1 aliphatic heterocycles. The maximum absolute atomic E-state index is 12.9. The molecule has 186 valence electrons. The molecule has 0 spiro atoms. The van der Waals surface area contributed by atoms with E-state index in [1.165, 1.54) is 0 Å². The van der Waals surface area contributed by atoms with Crippen molar-refractivity contribution in [1.29, 1.82) is 0 Å². The average molecular weight is 503 g/mol. The van der Waals surface area contributed by atoms with Gasteiger partial charge in [-0.1, -0.05) is 16.8 Å². The van der Waals surface area contributed by atoms with Gasteiger partial charge in [-0.2, -0.15) is 0 Å². The van der Waals surface area contributed by atoms with Crippen molar-refractivity contribution < 1.29 is 28.9 Å². The summed E-state index contributed by atoms with van der Waals surface area (Å²) < 4.78 is 17.7. The SMILES string of the molecule is CCOC(=O)OCC1CC1c1cn(C23CC(NC(=O)[C@H]4C[C@@H](O)c5cc(Cl)ccc5O4)(C2)C3)nn1. The average Bonchev–Trinajstić information content (AvgIpc) is 3.40. The largest absolute Gasteiger partial charge is 0.508 e. The summed E-state index contributed by atoms with van der Waals surface area (Å²) in [7, 11) is 0. The number of hydrogen-bond acceptors (Lipinski definition) is 8. The maximum atomic E-state index is 12.9. The minimum atomic E-state index is -0.796. The Morgan fingerprint density at radius 3 is 2.86 bits per heavy atom. The summed E-state index contributed by atoms with van der Waals surface area (Å²) in [5.74, 6) is 0.769. The smallest absolute Gasteiger partial charge is 0.480 e. The fraction of sp³-hybridized carbons (Fsp3) is 0.583. The highest BCUT2D eigenvalue weighted by atomic mass is 35.5. The standard InChI is InChI=1S/C24H27ClN4O6/c1-2-33-22(32)34-9-13-5-15(13)17-8-29(28-27-17)24-10-23(11-24,12-24)26-21(31)20-7-18(30)16-6-14(25)3-4-19(16)35-20/h3-4,6,8,13,15,18,20,30H,2,5,7,9-12H2,1H3,(H,26,31)/t13?,15?,18-,20-,23?,24?/m1/s1. The number of rotatable bonds is 7. The molecular weight excluding hydrogens is 476 g/mol. The Labute approximate surface area is 206 Å². The minimum absolute atomic E-state index is 0.110. The van der Waals surface area contributed by atoms with Gasteiger partial charge in [-0.25, -0.2) is 9.48 Å². The molecule has 11 heteroatoms. The van der Waals surface area contributed by atoms with Gasteiger partial charge in [0.05, 0.1) is 30.6 Å². The van der Waals surface area contributed by atoms with Crippen molar-refractivity contribution in [2.45, 2.75) is 68.2 Å². The second kappa shape index (κ2) is 8.09. The lowest BCUT2D eigenvalue weighted by Crippen LogP contribution is -2.79. The van der Waals surface area contributed by atoms with Crippen molar-refractivity contribution in [2.75, 3.05) is 13.2 Å². The summed E-state index contributed by atoms with van der Waals surface area (Å²) in [6.45, 7) is 2.36. The van der Waals surface area contributed by atoms with Crippen LogP contribution in [0.25, 0.3) is 0 Å². The number of aromatic nitrogens is 3. The number of ether oxygens (including phenoxy) is 3. The van der Waals surface area contributed by atoms with E-state index in [2.05, 4.69) is 15.6 Å². The van der Waals surface area contributed by atoms with Crippen LogP contribution in [-0.2, 0) is 19.8 Å². The molecule has 2 N–H and O–H groups in total. The fourth-order valence-corrected chi connectivity index (χ4v) is 6.02. The Bertz CT molecular complexity index is 1160. The molecule has 0 radical (unpaired) electrons. The third-order valence-electron chi connectivity index (χ3n) is 7.70. The summed E-state index contributed by atoms with van der Waals surface area (Å²) in [6, 6.07) is 5.04. The molecule has 5 aliphatic rings. The van der Waals surface area contributed by atoms with Crippen LogP contribution in [0.15, 0.2) is 24.4 Å². The van der Waals surface area contributed by atoms with Crippen LogP contribution in [0, 0.1) is 5.92 Å². The van der Waals surface area contributed by atoms with Crippen LogP contribution < -0.4 is 10.1 Å². The molecule has 1 aromatic heterocycles. The molecule has 1 amide bonds. The van der Waals surface area contributed by atoms with Crippen LogP contribution in [0.2, 0.25) is 5.02 Å². The third kappa shape index (κ3) is 3.92. The number of carbonyl (C=O) groups is 2. The molecule has 4 saturated carbocycles.